The second kappa shape index (κ2) is 10.4. The van der Waals surface area contributed by atoms with Crippen LogP contribution in [0.5, 0.6) is 0 Å². The lowest BCUT2D eigenvalue weighted by Gasteiger charge is -2.21. The van der Waals surface area contributed by atoms with E-state index in [1.165, 1.54) is 5.56 Å². The molecule has 3 aromatic rings. The number of nitrogens with one attached hydrogen (secondary N) is 2. The van der Waals surface area contributed by atoms with Gasteiger partial charge in [0.1, 0.15) is 0 Å². The molecule has 6 heteroatoms. The van der Waals surface area contributed by atoms with Gasteiger partial charge >= 0.3 is 0 Å². The quantitative estimate of drug-likeness (QED) is 0.550. The lowest BCUT2D eigenvalue weighted by Crippen LogP contribution is -2.40. The molecule has 2 N–H and O–H groups in total. The van der Waals surface area contributed by atoms with Crippen molar-refractivity contribution in [3.63, 3.8) is 0 Å². The molecule has 0 fully saturated rings. The summed E-state index contributed by atoms with van der Waals surface area (Å²) in [7, 11) is 1.77. The van der Waals surface area contributed by atoms with Crippen molar-refractivity contribution in [1.82, 2.24) is 10.2 Å². The van der Waals surface area contributed by atoms with Crippen LogP contribution in [0.2, 0.25) is 0 Å². The minimum absolute atomic E-state index is 0.124. The summed E-state index contributed by atoms with van der Waals surface area (Å²) >= 11 is 1.61. The van der Waals surface area contributed by atoms with Gasteiger partial charge < -0.3 is 10.6 Å². The Morgan fingerprint density at radius 1 is 0.935 bits per heavy atom. The Hall–Kier alpha value is -2.96. The number of likely N-dealkylation sites (N-methyl/N-ethyl adjacent to an activating group) is 1. The van der Waals surface area contributed by atoms with Gasteiger partial charge in [-0.2, -0.15) is 0 Å². The maximum absolute atomic E-state index is 12.8. The fourth-order valence-corrected chi connectivity index (χ4v) is 4.16. The average Bonchev–Trinajstić information content (AvgIpc) is 3.25. The maximum Gasteiger partial charge on any atom is 0.238 e. The SMILES string of the molecule is Cc1ccc(C(NC(=O)CN(C)CC(=O)Nc2cccc(C)c2C)c2cccs2)cc1. The van der Waals surface area contributed by atoms with Gasteiger partial charge in [0, 0.05) is 10.6 Å². The second-order valence-electron chi connectivity index (χ2n) is 7.89. The predicted molar refractivity (Wildman–Crippen MR) is 128 cm³/mol. The van der Waals surface area contributed by atoms with E-state index in [0.29, 0.717) is 0 Å². The predicted octanol–water partition coefficient (Wildman–Crippen LogP) is 4.45. The Bertz CT molecular complexity index is 1030. The summed E-state index contributed by atoms with van der Waals surface area (Å²) in [6.45, 7) is 6.31. The molecular formula is C25H29N3O2S. The van der Waals surface area contributed by atoms with E-state index < -0.39 is 0 Å². The number of amides is 2. The Morgan fingerprint density at radius 3 is 2.32 bits per heavy atom. The monoisotopic (exact) mass is 435 g/mol. The van der Waals surface area contributed by atoms with Crippen LogP contribution in [0.3, 0.4) is 0 Å². The first-order valence-electron chi connectivity index (χ1n) is 10.3. The van der Waals surface area contributed by atoms with E-state index >= 15 is 0 Å². The number of aryl methyl sites for hydroxylation is 2. The number of carbonyl (C=O) groups excluding carboxylic acids is 2. The number of hydrogen-bond acceptors (Lipinski definition) is 4. The van der Waals surface area contributed by atoms with Crippen LogP contribution in [-0.4, -0.2) is 36.9 Å². The fraction of sp³-hybridized carbons (Fsp3) is 0.280. The Kier molecular flexibility index (Phi) is 7.60. The highest BCUT2D eigenvalue weighted by molar-refractivity contribution is 7.10. The van der Waals surface area contributed by atoms with Crippen molar-refractivity contribution in [2.45, 2.75) is 26.8 Å². The minimum atomic E-state index is -0.203. The third kappa shape index (κ3) is 6.26. The van der Waals surface area contributed by atoms with Gasteiger partial charge in [0.25, 0.3) is 0 Å². The number of benzene rings is 2. The lowest BCUT2D eigenvalue weighted by atomic mass is 10.0. The van der Waals surface area contributed by atoms with Crippen molar-refractivity contribution < 1.29 is 9.59 Å². The van der Waals surface area contributed by atoms with Crippen LogP contribution in [0.15, 0.2) is 60.0 Å². The third-order valence-corrected chi connectivity index (χ3v) is 6.19. The van der Waals surface area contributed by atoms with E-state index in [9.17, 15) is 9.59 Å². The van der Waals surface area contributed by atoms with E-state index in [2.05, 4.69) is 10.6 Å². The molecule has 0 aliphatic heterocycles. The molecule has 1 heterocycles. The first-order chi connectivity index (χ1) is 14.8. The molecule has 0 spiro atoms. The van der Waals surface area contributed by atoms with Gasteiger partial charge in [-0.25, -0.2) is 0 Å². The van der Waals surface area contributed by atoms with Gasteiger partial charge in [-0.05, 0) is 62.0 Å². The zero-order valence-corrected chi connectivity index (χ0v) is 19.3. The highest BCUT2D eigenvalue weighted by atomic mass is 32.1. The van der Waals surface area contributed by atoms with Crippen LogP contribution >= 0.6 is 11.3 Å². The van der Waals surface area contributed by atoms with Crippen LogP contribution in [0.1, 0.15) is 33.2 Å². The van der Waals surface area contributed by atoms with Gasteiger partial charge in [0.2, 0.25) is 11.8 Å². The lowest BCUT2D eigenvalue weighted by molar-refractivity contribution is -0.123. The number of anilines is 1. The van der Waals surface area contributed by atoms with Crippen molar-refractivity contribution in [2.75, 3.05) is 25.5 Å². The van der Waals surface area contributed by atoms with Crippen molar-refractivity contribution in [1.29, 1.82) is 0 Å². The topological polar surface area (TPSA) is 61.4 Å². The molecule has 1 aromatic heterocycles. The molecule has 0 radical (unpaired) electrons. The van der Waals surface area contributed by atoms with Crippen LogP contribution in [0.25, 0.3) is 0 Å². The summed E-state index contributed by atoms with van der Waals surface area (Å²) in [6, 6.07) is 17.8. The molecule has 1 atom stereocenters. The number of carbonyl (C=O) groups is 2. The van der Waals surface area contributed by atoms with E-state index in [4.69, 9.17) is 0 Å². The summed E-state index contributed by atoms with van der Waals surface area (Å²) in [5, 5.41) is 8.07. The van der Waals surface area contributed by atoms with Crippen LogP contribution < -0.4 is 10.6 Å². The molecule has 31 heavy (non-hydrogen) atoms. The van der Waals surface area contributed by atoms with E-state index in [0.717, 1.165) is 27.3 Å². The fourth-order valence-electron chi connectivity index (χ4n) is 3.36. The molecule has 0 saturated heterocycles. The summed E-state index contributed by atoms with van der Waals surface area (Å²) < 4.78 is 0. The zero-order chi connectivity index (χ0) is 22.4. The van der Waals surface area contributed by atoms with Crippen molar-refractivity contribution in [2.24, 2.45) is 0 Å². The van der Waals surface area contributed by atoms with Gasteiger partial charge in [-0.1, -0.05) is 48.0 Å². The van der Waals surface area contributed by atoms with Gasteiger partial charge in [-0.15, -0.1) is 11.3 Å². The third-order valence-electron chi connectivity index (χ3n) is 5.25. The Labute approximate surface area is 188 Å². The molecule has 5 nitrogen and oxygen atoms in total. The van der Waals surface area contributed by atoms with Gasteiger partial charge in [0.15, 0.2) is 0 Å². The molecule has 2 amide bonds. The summed E-state index contributed by atoms with van der Waals surface area (Å²) in [5.41, 5.74) is 5.20. The molecule has 0 saturated carbocycles. The molecule has 0 aliphatic carbocycles. The standard InChI is InChI=1S/C25H29N3O2S/c1-17-10-12-20(13-11-17)25(22-9-6-14-31-22)27-24(30)16-28(4)15-23(29)26-21-8-5-7-18(2)19(21)3/h5-14,25H,15-16H2,1-4H3,(H,26,29)(H,27,30). The number of hydrogen-bond donors (Lipinski definition) is 2. The normalized spacial score (nSPS) is 11.9. The molecule has 162 valence electrons. The molecule has 1 unspecified atom stereocenters. The molecule has 2 aromatic carbocycles. The number of rotatable bonds is 8. The van der Waals surface area contributed by atoms with Gasteiger partial charge in [-0.3, -0.25) is 14.5 Å². The largest absolute Gasteiger partial charge is 0.343 e. The highest BCUT2D eigenvalue weighted by Crippen LogP contribution is 2.26. The van der Waals surface area contributed by atoms with Crippen LogP contribution in [-0.2, 0) is 9.59 Å². The number of thiophene rings is 1. The summed E-state index contributed by atoms with van der Waals surface area (Å²) in [4.78, 5) is 28.0. The minimum Gasteiger partial charge on any atom is -0.343 e. The molecular weight excluding hydrogens is 406 g/mol. The average molecular weight is 436 g/mol. The Morgan fingerprint density at radius 2 is 1.65 bits per heavy atom. The molecule has 0 bridgehead atoms. The molecule has 3 rings (SSSR count). The van der Waals surface area contributed by atoms with Crippen molar-refractivity contribution in [3.8, 4) is 0 Å². The van der Waals surface area contributed by atoms with Crippen LogP contribution in [0, 0.1) is 20.8 Å². The zero-order valence-electron chi connectivity index (χ0n) is 18.4. The van der Waals surface area contributed by atoms with Crippen molar-refractivity contribution >= 4 is 28.8 Å². The number of nitrogens with zero attached hydrogens (tertiary/aromatic N) is 1. The van der Waals surface area contributed by atoms with Crippen LogP contribution in [0.4, 0.5) is 5.69 Å². The Balaban J connectivity index is 1.59. The smallest absolute Gasteiger partial charge is 0.238 e. The second-order valence-corrected chi connectivity index (χ2v) is 8.87. The maximum atomic E-state index is 12.8. The first kappa shape index (κ1) is 22.7. The van der Waals surface area contributed by atoms with Gasteiger partial charge in [0.05, 0.1) is 19.1 Å². The van der Waals surface area contributed by atoms with E-state index in [1.807, 2.05) is 80.7 Å². The first-order valence-corrected chi connectivity index (χ1v) is 11.2. The van der Waals surface area contributed by atoms with E-state index in [-0.39, 0.29) is 30.9 Å². The van der Waals surface area contributed by atoms with E-state index in [1.54, 1.807) is 23.3 Å². The van der Waals surface area contributed by atoms with Crippen molar-refractivity contribution in [3.05, 3.63) is 87.1 Å². The summed E-state index contributed by atoms with van der Waals surface area (Å²) in [6.07, 6.45) is 0. The highest BCUT2D eigenvalue weighted by Gasteiger charge is 2.19. The summed E-state index contributed by atoms with van der Waals surface area (Å²) in [5.74, 6) is -0.265. The molecule has 0 aliphatic rings.